The number of amides is 1. The lowest BCUT2D eigenvalue weighted by molar-refractivity contribution is -0.119. The number of hydrogen-bond donors (Lipinski definition) is 1. The Bertz CT molecular complexity index is 1270. The first-order valence-electron chi connectivity index (χ1n) is 10.6. The van der Waals surface area contributed by atoms with Gasteiger partial charge in [-0.2, -0.15) is 0 Å². The number of hydrogen-bond acceptors (Lipinski definition) is 5. The Morgan fingerprint density at radius 2 is 1.79 bits per heavy atom. The minimum Gasteiger partial charge on any atom is -0.452 e. The molecule has 1 aliphatic rings. The molecule has 0 unspecified atom stereocenters. The number of nitrogens with zero attached hydrogens (tertiary/aromatic N) is 2. The number of para-hydroxylation sites is 1. The van der Waals surface area contributed by atoms with Crippen molar-refractivity contribution in [3.63, 3.8) is 0 Å². The van der Waals surface area contributed by atoms with Crippen molar-refractivity contribution < 1.29 is 31.9 Å². The van der Waals surface area contributed by atoms with Crippen molar-refractivity contribution in [2.75, 3.05) is 18.5 Å². The zero-order valence-electron chi connectivity index (χ0n) is 18.4. The highest BCUT2D eigenvalue weighted by Gasteiger charge is 2.28. The lowest BCUT2D eigenvalue weighted by atomic mass is 9.95. The number of ether oxygens (including phenoxy) is 1. The van der Waals surface area contributed by atoms with Gasteiger partial charge in [-0.05, 0) is 19.9 Å². The van der Waals surface area contributed by atoms with Crippen LogP contribution in [0.5, 0.6) is 0 Å². The predicted molar refractivity (Wildman–Crippen MR) is 116 cm³/mol. The number of aromatic nitrogens is 1. The summed E-state index contributed by atoms with van der Waals surface area (Å²) in [5.74, 6) is -8.84. The van der Waals surface area contributed by atoms with Gasteiger partial charge in [0, 0.05) is 48.3 Å². The van der Waals surface area contributed by atoms with Crippen molar-refractivity contribution in [2.45, 2.75) is 32.9 Å². The zero-order chi connectivity index (χ0) is 24.6. The van der Waals surface area contributed by atoms with Crippen molar-refractivity contribution in [2.24, 2.45) is 0 Å². The van der Waals surface area contributed by atoms with Gasteiger partial charge in [-0.3, -0.25) is 14.7 Å². The van der Waals surface area contributed by atoms with Gasteiger partial charge >= 0.3 is 5.97 Å². The molecule has 4 rings (SSSR count). The van der Waals surface area contributed by atoms with Crippen LogP contribution in [0.1, 0.15) is 35.5 Å². The van der Waals surface area contributed by atoms with E-state index in [1.807, 2.05) is 13.8 Å². The maximum absolute atomic E-state index is 13.8. The number of nitrogens with one attached hydrogen (secondary N) is 1. The van der Waals surface area contributed by atoms with E-state index in [1.54, 1.807) is 29.6 Å². The lowest BCUT2D eigenvalue weighted by Crippen LogP contribution is -2.37. The van der Waals surface area contributed by atoms with Gasteiger partial charge in [0.15, 0.2) is 29.9 Å². The van der Waals surface area contributed by atoms with E-state index < -0.39 is 47.4 Å². The van der Waals surface area contributed by atoms with E-state index in [1.165, 1.54) is 0 Å². The van der Waals surface area contributed by atoms with Gasteiger partial charge in [-0.1, -0.05) is 18.2 Å². The van der Waals surface area contributed by atoms with Gasteiger partial charge in [0.05, 0.1) is 11.1 Å². The summed E-state index contributed by atoms with van der Waals surface area (Å²) in [6.45, 7) is 4.38. The largest absolute Gasteiger partial charge is 0.452 e. The fourth-order valence-electron chi connectivity index (χ4n) is 3.95. The highest BCUT2D eigenvalue weighted by molar-refractivity contribution is 6.06. The highest BCUT2D eigenvalue weighted by Crippen LogP contribution is 2.30. The molecule has 3 aromatic rings. The number of carbonyl (C=O) groups excluding carboxylic acids is 2. The summed E-state index contributed by atoms with van der Waals surface area (Å²) in [6, 6.07) is 7.26. The average molecular weight is 475 g/mol. The Morgan fingerprint density at radius 1 is 1.12 bits per heavy atom. The summed E-state index contributed by atoms with van der Waals surface area (Å²) < 4.78 is 59.5. The molecular formula is C24H21F4N3O3. The monoisotopic (exact) mass is 475 g/mol. The fraction of sp³-hybridized carbons (Fsp3) is 0.292. The van der Waals surface area contributed by atoms with Gasteiger partial charge in [-0.25, -0.2) is 22.4 Å². The van der Waals surface area contributed by atoms with E-state index in [4.69, 9.17) is 4.74 Å². The van der Waals surface area contributed by atoms with E-state index in [0.717, 1.165) is 12.2 Å². The van der Waals surface area contributed by atoms with Crippen LogP contribution in [-0.2, 0) is 22.5 Å². The molecule has 34 heavy (non-hydrogen) atoms. The van der Waals surface area contributed by atoms with Crippen molar-refractivity contribution in [3.8, 4) is 0 Å². The topological polar surface area (TPSA) is 71.5 Å². The summed E-state index contributed by atoms with van der Waals surface area (Å²) in [6.07, 6.45) is 0.628. The molecule has 178 valence electrons. The number of benzene rings is 2. The summed E-state index contributed by atoms with van der Waals surface area (Å²) in [7, 11) is 0. The number of carbonyl (C=O) groups is 2. The average Bonchev–Trinajstić information content (AvgIpc) is 2.82. The Balaban J connectivity index is 1.59. The number of pyridine rings is 1. The van der Waals surface area contributed by atoms with Crippen LogP contribution in [-0.4, -0.2) is 41.0 Å². The number of fused-ring (bicyclic) bond motifs is 2. The van der Waals surface area contributed by atoms with Crippen LogP contribution in [0.15, 0.2) is 30.3 Å². The molecule has 0 bridgehead atoms. The quantitative estimate of drug-likeness (QED) is 0.338. The smallest absolute Gasteiger partial charge is 0.339 e. The Labute approximate surface area is 192 Å². The minimum absolute atomic E-state index is 0.0263. The molecule has 1 aromatic heterocycles. The van der Waals surface area contributed by atoms with Crippen LogP contribution in [0.25, 0.3) is 10.9 Å². The Kier molecular flexibility index (Phi) is 6.52. The van der Waals surface area contributed by atoms with Gasteiger partial charge in [0.25, 0.3) is 5.91 Å². The standard InChI is InChI=1S/C24H21F4N3O3/c1-12(2)31-8-7-18-14(10-31)20(13-5-3-4-6-17(13)29-18)24(33)34-11-19(32)30-23-21(27)15(25)9-16(26)22(23)28/h3-6,9,12H,7-8,10-11H2,1-2H3,(H,30,32). The maximum atomic E-state index is 13.8. The molecule has 0 saturated carbocycles. The van der Waals surface area contributed by atoms with Crippen LogP contribution in [0.2, 0.25) is 0 Å². The Hall–Kier alpha value is -3.53. The summed E-state index contributed by atoms with van der Waals surface area (Å²) in [5.41, 5.74) is 1.00. The van der Waals surface area contributed by atoms with Crippen LogP contribution in [0, 0.1) is 23.3 Å². The number of rotatable bonds is 5. The van der Waals surface area contributed by atoms with Crippen LogP contribution in [0.3, 0.4) is 0 Å². The van der Waals surface area contributed by atoms with Gasteiger partial charge < -0.3 is 10.1 Å². The highest BCUT2D eigenvalue weighted by atomic mass is 19.2. The molecule has 1 aliphatic heterocycles. The number of halogens is 4. The number of anilines is 1. The third kappa shape index (κ3) is 4.45. The maximum Gasteiger partial charge on any atom is 0.339 e. The third-order valence-electron chi connectivity index (χ3n) is 5.72. The lowest BCUT2D eigenvalue weighted by Gasteiger charge is -2.32. The predicted octanol–water partition coefficient (Wildman–Crippen LogP) is 4.35. The van der Waals surface area contributed by atoms with E-state index in [9.17, 15) is 27.2 Å². The number of esters is 1. The molecule has 10 heteroatoms. The van der Waals surface area contributed by atoms with Crippen molar-refractivity contribution in [1.29, 1.82) is 0 Å². The zero-order valence-corrected chi connectivity index (χ0v) is 18.4. The molecule has 1 N–H and O–H groups in total. The van der Waals surface area contributed by atoms with Gasteiger partial charge in [0.1, 0.15) is 5.69 Å². The normalized spacial score (nSPS) is 13.7. The van der Waals surface area contributed by atoms with Crippen molar-refractivity contribution in [3.05, 3.63) is 70.4 Å². The van der Waals surface area contributed by atoms with E-state index in [0.29, 0.717) is 29.4 Å². The van der Waals surface area contributed by atoms with E-state index >= 15 is 0 Å². The molecule has 1 amide bonds. The molecule has 2 aromatic carbocycles. The second-order valence-corrected chi connectivity index (χ2v) is 8.21. The van der Waals surface area contributed by atoms with Crippen LogP contribution < -0.4 is 5.32 Å². The van der Waals surface area contributed by atoms with Crippen LogP contribution in [0.4, 0.5) is 23.2 Å². The van der Waals surface area contributed by atoms with Crippen molar-refractivity contribution >= 4 is 28.5 Å². The summed E-state index contributed by atoms with van der Waals surface area (Å²) in [5, 5.41) is 2.26. The molecule has 0 aliphatic carbocycles. The molecule has 0 fully saturated rings. The van der Waals surface area contributed by atoms with E-state index in [-0.39, 0.29) is 17.7 Å². The van der Waals surface area contributed by atoms with Gasteiger partial charge in [-0.15, -0.1) is 0 Å². The molecule has 2 heterocycles. The third-order valence-corrected chi connectivity index (χ3v) is 5.72. The molecule has 0 radical (unpaired) electrons. The van der Waals surface area contributed by atoms with E-state index in [2.05, 4.69) is 9.88 Å². The second-order valence-electron chi connectivity index (χ2n) is 8.21. The molecule has 0 atom stereocenters. The van der Waals surface area contributed by atoms with Crippen molar-refractivity contribution in [1.82, 2.24) is 9.88 Å². The first kappa shape index (κ1) is 23.6. The first-order chi connectivity index (χ1) is 16.2. The first-order valence-corrected chi connectivity index (χ1v) is 10.6. The van der Waals surface area contributed by atoms with Gasteiger partial charge in [0.2, 0.25) is 0 Å². The molecule has 0 saturated heterocycles. The molecular weight excluding hydrogens is 454 g/mol. The Morgan fingerprint density at radius 3 is 2.47 bits per heavy atom. The fourth-order valence-corrected chi connectivity index (χ4v) is 3.95. The SMILES string of the molecule is CC(C)N1CCc2nc3ccccc3c(C(=O)OCC(=O)Nc3c(F)c(F)cc(F)c3F)c2C1. The summed E-state index contributed by atoms with van der Waals surface area (Å²) in [4.78, 5) is 32.1. The molecule has 0 spiro atoms. The van der Waals surface area contributed by atoms with Crippen LogP contribution >= 0.6 is 0 Å². The molecule has 6 nitrogen and oxygen atoms in total. The second kappa shape index (κ2) is 9.38. The summed E-state index contributed by atoms with van der Waals surface area (Å²) >= 11 is 0. The minimum atomic E-state index is -1.76.